The molecule has 1 heterocycles. The molecule has 7 nitrogen and oxygen atoms in total. The monoisotopic (exact) mass is 370 g/mol. The topological polar surface area (TPSA) is 105 Å². The summed E-state index contributed by atoms with van der Waals surface area (Å²) in [5.74, 6) is -1.90. The molecular weight excluding hydrogens is 348 g/mol. The van der Waals surface area contributed by atoms with Crippen LogP contribution in [-0.4, -0.2) is 48.2 Å². The third kappa shape index (κ3) is 4.43. The number of ether oxygens (including phenoxy) is 1. The minimum Gasteiger partial charge on any atom is -0.480 e. The molecule has 2 amide bonds. The number of hydrogen-bond donors (Lipinski definition) is 3. The van der Waals surface area contributed by atoms with Crippen LogP contribution < -0.4 is 10.6 Å². The standard InChI is InChI=1S/C20H22N2O5/c23-17(12-15-6-3-5-14-4-1-2-7-16(14)15)21-13-18(24)22-20(19(25)26)8-10-27-11-9-20/h1-7H,8-13H2,(H,21,23)(H,22,24)(H,25,26). The second-order valence-electron chi connectivity index (χ2n) is 6.64. The van der Waals surface area contributed by atoms with Crippen LogP contribution in [0.2, 0.25) is 0 Å². The number of carboxylic acids is 1. The van der Waals surface area contributed by atoms with Crippen molar-refractivity contribution in [1.82, 2.24) is 10.6 Å². The zero-order chi connectivity index (χ0) is 19.3. The molecule has 1 saturated heterocycles. The lowest BCUT2D eigenvalue weighted by Gasteiger charge is -2.33. The van der Waals surface area contributed by atoms with Gasteiger partial charge in [-0.15, -0.1) is 0 Å². The summed E-state index contributed by atoms with van der Waals surface area (Å²) in [4.78, 5) is 36.0. The molecule has 0 aromatic heterocycles. The largest absolute Gasteiger partial charge is 0.480 e. The molecule has 0 radical (unpaired) electrons. The fraction of sp³-hybridized carbons (Fsp3) is 0.350. The van der Waals surface area contributed by atoms with E-state index in [-0.39, 0.29) is 44.9 Å². The van der Waals surface area contributed by atoms with Crippen LogP contribution >= 0.6 is 0 Å². The Morgan fingerprint density at radius 2 is 1.70 bits per heavy atom. The fourth-order valence-electron chi connectivity index (χ4n) is 3.28. The number of carbonyl (C=O) groups is 3. The van der Waals surface area contributed by atoms with Crippen molar-refractivity contribution in [3.8, 4) is 0 Å². The van der Waals surface area contributed by atoms with E-state index in [4.69, 9.17) is 4.74 Å². The van der Waals surface area contributed by atoms with Crippen molar-refractivity contribution in [3.63, 3.8) is 0 Å². The Balaban J connectivity index is 1.57. The van der Waals surface area contributed by atoms with Gasteiger partial charge in [0.2, 0.25) is 11.8 Å². The summed E-state index contributed by atoms with van der Waals surface area (Å²) in [6.07, 6.45) is 0.558. The van der Waals surface area contributed by atoms with E-state index in [0.29, 0.717) is 0 Å². The summed E-state index contributed by atoms with van der Waals surface area (Å²) in [6, 6.07) is 13.5. The van der Waals surface area contributed by atoms with Crippen molar-refractivity contribution in [1.29, 1.82) is 0 Å². The van der Waals surface area contributed by atoms with Gasteiger partial charge in [-0.3, -0.25) is 9.59 Å². The number of fused-ring (bicyclic) bond motifs is 1. The van der Waals surface area contributed by atoms with Gasteiger partial charge in [-0.25, -0.2) is 4.79 Å². The highest BCUT2D eigenvalue weighted by Gasteiger charge is 2.41. The van der Waals surface area contributed by atoms with E-state index >= 15 is 0 Å². The Labute approximate surface area is 156 Å². The molecule has 0 bridgehead atoms. The molecule has 0 unspecified atom stereocenters. The van der Waals surface area contributed by atoms with Gasteiger partial charge in [-0.05, 0) is 16.3 Å². The fourth-order valence-corrected chi connectivity index (χ4v) is 3.28. The Morgan fingerprint density at radius 3 is 2.44 bits per heavy atom. The van der Waals surface area contributed by atoms with Gasteiger partial charge in [0.15, 0.2) is 0 Å². The highest BCUT2D eigenvalue weighted by molar-refractivity contribution is 5.93. The summed E-state index contributed by atoms with van der Waals surface area (Å²) in [5.41, 5.74) is -0.451. The van der Waals surface area contributed by atoms with Gasteiger partial charge in [0.05, 0.1) is 13.0 Å². The normalized spacial score (nSPS) is 15.9. The van der Waals surface area contributed by atoms with Crippen LogP contribution in [-0.2, 0) is 25.5 Å². The first-order valence-electron chi connectivity index (χ1n) is 8.86. The van der Waals surface area contributed by atoms with Crippen LogP contribution in [0, 0.1) is 0 Å². The summed E-state index contributed by atoms with van der Waals surface area (Å²) < 4.78 is 5.17. The number of benzene rings is 2. The van der Waals surface area contributed by atoms with Crippen molar-refractivity contribution < 1.29 is 24.2 Å². The zero-order valence-corrected chi connectivity index (χ0v) is 14.9. The molecular formula is C20H22N2O5. The number of rotatable bonds is 6. The molecule has 3 N–H and O–H groups in total. The molecule has 0 spiro atoms. The highest BCUT2D eigenvalue weighted by atomic mass is 16.5. The average Bonchev–Trinajstić information content (AvgIpc) is 2.67. The Kier molecular flexibility index (Phi) is 5.71. The quantitative estimate of drug-likeness (QED) is 0.710. The third-order valence-electron chi connectivity index (χ3n) is 4.81. The molecule has 2 aromatic carbocycles. The predicted octanol–water partition coefficient (Wildman–Crippen LogP) is 1.25. The second-order valence-corrected chi connectivity index (χ2v) is 6.64. The Bertz CT molecular complexity index is 853. The maximum absolute atomic E-state index is 12.2. The molecule has 0 aliphatic carbocycles. The molecule has 2 aromatic rings. The highest BCUT2D eigenvalue weighted by Crippen LogP contribution is 2.21. The molecule has 27 heavy (non-hydrogen) atoms. The minimum atomic E-state index is -1.32. The van der Waals surface area contributed by atoms with Crippen molar-refractivity contribution in [2.75, 3.05) is 19.8 Å². The lowest BCUT2D eigenvalue weighted by Crippen LogP contribution is -2.59. The number of hydrogen-bond acceptors (Lipinski definition) is 4. The smallest absolute Gasteiger partial charge is 0.329 e. The molecule has 7 heteroatoms. The average molecular weight is 370 g/mol. The lowest BCUT2D eigenvalue weighted by molar-refractivity contribution is -0.152. The van der Waals surface area contributed by atoms with Crippen molar-refractivity contribution in [2.24, 2.45) is 0 Å². The molecule has 0 saturated carbocycles. The molecule has 1 aliphatic heterocycles. The van der Waals surface area contributed by atoms with Gasteiger partial charge in [0, 0.05) is 26.1 Å². The maximum atomic E-state index is 12.2. The van der Waals surface area contributed by atoms with Crippen LogP contribution in [0.1, 0.15) is 18.4 Å². The lowest BCUT2D eigenvalue weighted by atomic mass is 9.90. The number of nitrogens with one attached hydrogen (secondary N) is 2. The van der Waals surface area contributed by atoms with Crippen LogP contribution in [0.3, 0.4) is 0 Å². The first-order valence-corrected chi connectivity index (χ1v) is 8.86. The van der Waals surface area contributed by atoms with E-state index < -0.39 is 17.4 Å². The first-order chi connectivity index (χ1) is 13.0. The van der Waals surface area contributed by atoms with Crippen LogP contribution in [0.4, 0.5) is 0 Å². The van der Waals surface area contributed by atoms with Gasteiger partial charge in [-0.1, -0.05) is 42.5 Å². The van der Waals surface area contributed by atoms with E-state index in [2.05, 4.69) is 10.6 Å². The molecule has 0 atom stereocenters. The SMILES string of the molecule is O=C(Cc1cccc2ccccc12)NCC(=O)NC1(C(=O)O)CCOCC1. The summed E-state index contributed by atoms with van der Waals surface area (Å²) >= 11 is 0. The van der Waals surface area contributed by atoms with Crippen molar-refractivity contribution in [2.45, 2.75) is 24.8 Å². The van der Waals surface area contributed by atoms with Gasteiger partial charge in [-0.2, -0.15) is 0 Å². The number of carboxylic acid groups (broad SMARTS) is 1. The third-order valence-corrected chi connectivity index (χ3v) is 4.81. The summed E-state index contributed by atoms with van der Waals surface area (Å²) in [5, 5.41) is 16.6. The van der Waals surface area contributed by atoms with Crippen molar-refractivity contribution >= 4 is 28.6 Å². The number of carbonyl (C=O) groups excluding carboxylic acids is 2. The second kappa shape index (κ2) is 8.18. The first kappa shape index (κ1) is 18.8. The van der Waals surface area contributed by atoms with Crippen molar-refractivity contribution in [3.05, 3.63) is 48.0 Å². The molecule has 1 aliphatic rings. The van der Waals surface area contributed by atoms with Gasteiger partial charge < -0.3 is 20.5 Å². The molecule has 142 valence electrons. The van der Waals surface area contributed by atoms with Crippen LogP contribution in [0.25, 0.3) is 10.8 Å². The number of amides is 2. The Morgan fingerprint density at radius 1 is 1.00 bits per heavy atom. The maximum Gasteiger partial charge on any atom is 0.329 e. The van der Waals surface area contributed by atoms with E-state index in [1.165, 1.54) is 0 Å². The predicted molar refractivity (Wildman–Crippen MR) is 99.2 cm³/mol. The molecule has 3 rings (SSSR count). The van der Waals surface area contributed by atoms with Gasteiger partial charge >= 0.3 is 5.97 Å². The number of aliphatic carboxylic acids is 1. The summed E-state index contributed by atoms with van der Waals surface area (Å²) in [7, 11) is 0. The van der Waals surface area contributed by atoms with Crippen LogP contribution in [0.5, 0.6) is 0 Å². The Hall–Kier alpha value is -2.93. The van der Waals surface area contributed by atoms with E-state index in [1.54, 1.807) is 0 Å². The van der Waals surface area contributed by atoms with E-state index in [0.717, 1.165) is 16.3 Å². The van der Waals surface area contributed by atoms with E-state index in [9.17, 15) is 19.5 Å². The summed E-state index contributed by atoms with van der Waals surface area (Å²) in [6.45, 7) is 0.291. The van der Waals surface area contributed by atoms with E-state index in [1.807, 2.05) is 42.5 Å². The minimum absolute atomic E-state index is 0.145. The zero-order valence-electron chi connectivity index (χ0n) is 14.9. The molecule has 1 fully saturated rings. The van der Waals surface area contributed by atoms with Gasteiger partial charge in [0.1, 0.15) is 5.54 Å². The van der Waals surface area contributed by atoms with Crippen LogP contribution in [0.15, 0.2) is 42.5 Å². The van der Waals surface area contributed by atoms with Gasteiger partial charge in [0.25, 0.3) is 0 Å².